The first-order chi connectivity index (χ1) is 8.68. The van der Waals surface area contributed by atoms with Crippen molar-refractivity contribution in [3.05, 3.63) is 38.9 Å². The molecule has 0 radical (unpaired) electrons. The Morgan fingerprint density at radius 1 is 1.53 bits per heavy atom. The van der Waals surface area contributed by atoms with Gasteiger partial charge in [0, 0.05) is 23.1 Å². The Kier molecular flexibility index (Phi) is 4.10. The predicted molar refractivity (Wildman–Crippen MR) is 66.7 cm³/mol. The fourth-order valence-corrected chi connectivity index (χ4v) is 1.72. The van der Waals surface area contributed by atoms with E-state index in [1.807, 2.05) is 0 Å². The Bertz CT molecular complexity index is 544. The highest BCUT2D eigenvalue weighted by Gasteiger charge is 2.41. The zero-order chi connectivity index (χ0) is 14.8. The van der Waals surface area contributed by atoms with Crippen LogP contribution in [-0.4, -0.2) is 21.9 Å². The van der Waals surface area contributed by atoms with Crippen LogP contribution in [-0.2, 0) is 16.0 Å². The van der Waals surface area contributed by atoms with Gasteiger partial charge in [0.25, 0.3) is 5.69 Å². The lowest BCUT2D eigenvalue weighted by molar-refractivity contribution is -0.385. The Labute approximate surface area is 113 Å². The molecule has 102 valence electrons. The molecule has 0 aliphatic carbocycles. The predicted octanol–water partition coefficient (Wildman–Crippen LogP) is 1.37. The lowest BCUT2D eigenvalue weighted by Gasteiger charge is -2.20. The number of hydrogen-bond donors (Lipinski definition) is 2. The Morgan fingerprint density at radius 2 is 2.11 bits per heavy atom. The number of carbonyl (C=O) groups excluding carboxylic acids is 1. The van der Waals surface area contributed by atoms with E-state index in [1.54, 1.807) is 0 Å². The fourth-order valence-electron chi connectivity index (χ4n) is 1.52. The first kappa shape index (κ1) is 14.9. The van der Waals surface area contributed by atoms with E-state index in [1.165, 1.54) is 12.1 Å². The van der Waals surface area contributed by atoms with E-state index in [-0.39, 0.29) is 16.3 Å². The second-order valence-corrected chi connectivity index (χ2v) is 4.64. The number of nitro benzene ring substituents is 1. The van der Waals surface area contributed by atoms with Crippen molar-refractivity contribution in [2.45, 2.75) is 13.3 Å². The first-order valence-corrected chi connectivity index (χ1v) is 5.52. The number of carbonyl (C=O) groups is 2. The third-order valence-corrected chi connectivity index (χ3v) is 3.03. The molecule has 0 fully saturated rings. The van der Waals surface area contributed by atoms with Crippen LogP contribution in [0.1, 0.15) is 12.5 Å². The molecule has 0 spiro atoms. The van der Waals surface area contributed by atoms with Crippen LogP contribution in [0.25, 0.3) is 0 Å². The van der Waals surface area contributed by atoms with Crippen LogP contribution in [0.3, 0.4) is 0 Å². The summed E-state index contributed by atoms with van der Waals surface area (Å²) in [6.07, 6.45) is -0.408. The highest BCUT2D eigenvalue weighted by Crippen LogP contribution is 2.30. The zero-order valence-electron chi connectivity index (χ0n) is 9.92. The molecule has 0 saturated carbocycles. The van der Waals surface area contributed by atoms with E-state index in [2.05, 4.69) is 0 Å². The molecule has 0 saturated heterocycles. The minimum Gasteiger partial charge on any atom is -0.480 e. The van der Waals surface area contributed by atoms with Crippen LogP contribution in [0, 0.1) is 15.5 Å². The number of benzene rings is 1. The molecule has 1 unspecified atom stereocenters. The summed E-state index contributed by atoms with van der Waals surface area (Å²) in [4.78, 5) is 32.6. The quantitative estimate of drug-likeness (QED) is 0.480. The smallest absolute Gasteiger partial charge is 0.319 e. The summed E-state index contributed by atoms with van der Waals surface area (Å²) < 4.78 is 0. The molecule has 0 heterocycles. The normalized spacial score (nSPS) is 13.6. The summed E-state index contributed by atoms with van der Waals surface area (Å²) in [7, 11) is 0. The molecule has 3 N–H and O–H groups in total. The van der Waals surface area contributed by atoms with Crippen LogP contribution in [0.5, 0.6) is 0 Å². The summed E-state index contributed by atoms with van der Waals surface area (Å²) in [5, 5.41) is 20.1. The van der Waals surface area contributed by atoms with Crippen molar-refractivity contribution in [2.24, 2.45) is 11.1 Å². The molecule has 1 amide bonds. The van der Waals surface area contributed by atoms with Crippen molar-refractivity contribution >= 4 is 29.2 Å². The van der Waals surface area contributed by atoms with E-state index in [4.69, 9.17) is 22.4 Å². The van der Waals surface area contributed by atoms with Crippen molar-refractivity contribution in [1.82, 2.24) is 0 Å². The van der Waals surface area contributed by atoms with Crippen molar-refractivity contribution in [1.29, 1.82) is 0 Å². The summed E-state index contributed by atoms with van der Waals surface area (Å²) in [6, 6.07) is 3.72. The van der Waals surface area contributed by atoms with Gasteiger partial charge in [-0.3, -0.25) is 19.7 Å². The van der Waals surface area contributed by atoms with Crippen molar-refractivity contribution < 1.29 is 19.6 Å². The molecular weight excluding hydrogens is 276 g/mol. The number of nitrogens with zero attached hydrogens (tertiary/aromatic N) is 1. The van der Waals surface area contributed by atoms with E-state index in [0.29, 0.717) is 0 Å². The molecule has 1 rings (SSSR count). The Morgan fingerprint density at radius 3 is 2.53 bits per heavy atom. The second-order valence-electron chi connectivity index (χ2n) is 4.21. The maximum absolute atomic E-state index is 11.3. The lowest BCUT2D eigenvalue weighted by atomic mass is 9.82. The highest BCUT2D eigenvalue weighted by atomic mass is 35.5. The summed E-state index contributed by atoms with van der Waals surface area (Å²) in [5.74, 6) is -2.52. The van der Waals surface area contributed by atoms with Gasteiger partial charge in [0.05, 0.1) is 4.92 Å². The number of rotatable bonds is 5. The Hall–Kier alpha value is -2.15. The van der Waals surface area contributed by atoms with Gasteiger partial charge in [-0.25, -0.2) is 0 Å². The minimum absolute atomic E-state index is 0.0428. The van der Waals surface area contributed by atoms with Crippen molar-refractivity contribution in [3.8, 4) is 0 Å². The molecular formula is C11H11ClN2O5. The molecule has 0 bridgehead atoms. The van der Waals surface area contributed by atoms with Gasteiger partial charge in [-0.1, -0.05) is 11.6 Å². The SMILES string of the molecule is CC(Cc1cc(Cl)ccc1[N+](=O)[O-])(C(N)=O)C(=O)O. The number of aliphatic carboxylic acids is 1. The second kappa shape index (κ2) is 5.23. The average molecular weight is 287 g/mol. The van der Waals surface area contributed by atoms with Gasteiger partial charge < -0.3 is 10.8 Å². The van der Waals surface area contributed by atoms with Gasteiger partial charge in [-0.15, -0.1) is 0 Å². The summed E-state index contributed by atoms with van der Waals surface area (Å²) >= 11 is 5.72. The summed E-state index contributed by atoms with van der Waals surface area (Å²) in [5.41, 5.74) is 2.86. The molecule has 1 atom stereocenters. The van der Waals surface area contributed by atoms with Gasteiger partial charge >= 0.3 is 5.97 Å². The average Bonchev–Trinajstić information content (AvgIpc) is 2.27. The molecule has 19 heavy (non-hydrogen) atoms. The van der Waals surface area contributed by atoms with Gasteiger partial charge in [-0.05, 0) is 19.1 Å². The number of carboxylic acids is 1. The molecule has 1 aromatic carbocycles. The molecule has 1 aromatic rings. The largest absolute Gasteiger partial charge is 0.480 e. The number of halogens is 1. The number of amides is 1. The monoisotopic (exact) mass is 286 g/mol. The van der Waals surface area contributed by atoms with E-state index < -0.39 is 28.6 Å². The molecule has 0 aliphatic heterocycles. The van der Waals surface area contributed by atoms with Crippen LogP contribution in [0.2, 0.25) is 5.02 Å². The molecule has 7 nitrogen and oxygen atoms in total. The van der Waals surface area contributed by atoms with Crippen LogP contribution in [0.15, 0.2) is 18.2 Å². The van der Waals surface area contributed by atoms with Gasteiger partial charge in [0.15, 0.2) is 0 Å². The molecule has 8 heteroatoms. The van der Waals surface area contributed by atoms with E-state index in [9.17, 15) is 19.7 Å². The Balaban J connectivity index is 3.31. The number of carboxylic acid groups (broad SMARTS) is 1. The van der Waals surface area contributed by atoms with Crippen molar-refractivity contribution in [3.63, 3.8) is 0 Å². The number of nitro groups is 1. The fraction of sp³-hybridized carbons (Fsp3) is 0.273. The molecule has 0 aromatic heterocycles. The topological polar surface area (TPSA) is 124 Å². The first-order valence-electron chi connectivity index (χ1n) is 5.14. The minimum atomic E-state index is -1.94. The van der Waals surface area contributed by atoms with Gasteiger partial charge in [0.1, 0.15) is 5.41 Å². The number of nitrogens with two attached hydrogens (primary N) is 1. The van der Waals surface area contributed by atoms with Crippen molar-refractivity contribution in [2.75, 3.05) is 0 Å². The van der Waals surface area contributed by atoms with Crippen LogP contribution >= 0.6 is 11.6 Å². The molecule has 0 aliphatic rings. The standard InChI is InChI=1S/C11H11ClN2O5/c1-11(9(13)15,10(16)17)5-6-4-7(12)2-3-8(6)14(18)19/h2-4H,5H2,1H3,(H2,13,15)(H,16,17). The van der Waals surface area contributed by atoms with E-state index in [0.717, 1.165) is 13.0 Å². The lowest BCUT2D eigenvalue weighted by Crippen LogP contribution is -2.43. The van der Waals surface area contributed by atoms with Crippen LogP contribution in [0.4, 0.5) is 5.69 Å². The van der Waals surface area contributed by atoms with Gasteiger partial charge in [-0.2, -0.15) is 0 Å². The third kappa shape index (κ3) is 3.00. The maximum Gasteiger partial charge on any atom is 0.319 e. The third-order valence-electron chi connectivity index (χ3n) is 2.80. The van der Waals surface area contributed by atoms with Crippen LogP contribution < -0.4 is 5.73 Å². The zero-order valence-corrected chi connectivity index (χ0v) is 10.7. The maximum atomic E-state index is 11.3. The van der Waals surface area contributed by atoms with Gasteiger partial charge in [0.2, 0.25) is 5.91 Å². The highest BCUT2D eigenvalue weighted by molar-refractivity contribution is 6.30. The summed E-state index contributed by atoms with van der Waals surface area (Å²) in [6.45, 7) is 1.11. The number of hydrogen-bond acceptors (Lipinski definition) is 4. The van der Waals surface area contributed by atoms with E-state index >= 15 is 0 Å². The number of primary amides is 1.